The van der Waals surface area contributed by atoms with E-state index in [1.807, 2.05) is 44.2 Å². The summed E-state index contributed by atoms with van der Waals surface area (Å²) in [6.45, 7) is 4.07. The molecule has 0 spiro atoms. The zero-order valence-corrected chi connectivity index (χ0v) is 15.1. The fourth-order valence-corrected chi connectivity index (χ4v) is 3.12. The fourth-order valence-electron chi connectivity index (χ4n) is 2.72. The van der Waals surface area contributed by atoms with Crippen LogP contribution in [-0.4, -0.2) is 4.98 Å². The van der Waals surface area contributed by atoms with Gasteiger partial charge in [-0.2, -0.15) is 5.26 Å². The number of aromatic nitrogens is 1. The van der Waals surface area contributed by atoms with Gasteiger partial charge in [-0.05, 0) is 43.2 Å². The van der Waals surface area contributed by atoms with Crippen molar-refractivity contribution in [3.8, 4) is 28.5 Å². The highest BCUT2D eigenvalue weighted by molar-refractivity contribution is 9.10. The van der Waals surface area contributed by atoms with Gasteiger partial charge in [0.1, 0.15) is 17.5 Å². The highest BCUT2D eigenvalue weighted by Gasteiger charge is 2.15. The number of hydrogen-bond acceptors (Lipinski definition) is 3. The lowest BCUT2D eigenvalue weighted by molar-refractivity contribution is 1.30. The van der Waals surface area contributed by atoms with Gasteiger partial charge in [0.15, 0.2) is 0 Å². The van der Waals surface area contributed by atoms with Gasteiger partial charge in [0, 0.05) is 15.6 Å². The molecule has 0 radical (unpaired) electrons. The molecule has 118 valence electrons. The van der Waals surface area contributed by atoms with Gasteiger partial charge in [0.2, 0.25) is 0 Å². The summed E-state index contributed by atoms with van der Waals surface area (Å²) in [6.07, 6.45) is 0. The Bertz CT molecular complexity index is 971. The van der Waals surface area contributed by atoms with Gasteiger partial charge in [-0.25, -0.2) is 4.98 Å². The van der Waals surface area contributed by atoms with Crippen molar-refractivity contribution in [2.24, 2.45) is 0 Å². The maximum absolute atomic E-state index is 9.55. The highest BCUT2D eigenvalue weighted by atomic mass is 79.9. The van der Waals surface area contributed by atoms with E-state index in [0.29, 0.717) is 5.56 Å². The molecular formula is C20H16BrN3. The summed E-state index contributed by atoms with van der Waals surface area (Å²) in [5, 5.41) is 9.55. The molecular weight excluding hydrogens is 362 g/mol. The molecule has 3 rings (SSSR count). The number of anilines is 1. The van der Waals surface area contributed by atoms with Crippen molar-refractivity contribution in [2.75, 3.05) is 5.73 Å². The van der Waals surface area contributed by atoms with E-state index in [2.05, 4.69) is 45.2 Å². The summed E-state index contributed by atoms with van der Waals surface area (Å²) in [6, 6.07) is 18.2. The van der Waals surface area contributed by atoms with E-state index in [-0.39, 0.29) is 5.82 Å². The molecule has 0 saturated heterocycles. The van der Waals surface area contributed by atoms with Gasteiger partial charge in [0.05, 0.1) is 5.69 Å². The van der Waals surface area contributed by atoms with Crippen LogP contribution < -0.4 is 5.73 Å². The van der Waals surface area contributed by atoms with Crippen molar-refractivity contribution >= 4 is 21.7 Å². The first-order chi connectivity index (χ1) is 11.5. The van der Waals surface area contributed by atoms with Crippen molar-refractivity contribution in [2.45, 2.75) is 13.8 Å². The van der Waals surface area contributed by atoms with Crippen LogP contribution in [0.15, 0.2) is 53.0 Å². The monoisotopic (exact) mass is 377 g/mol. The van der Waals surface area contributed by atoms with Crippen LogP contribution in [0.5, 0.6) is 0 Å². The molecule has 0 saturated carbocycles. The first-order valence-electron chi connectivity index (χ1n) is 7.54. The van der Waals surface area contributed by atoms with Gasteiger partial charge in [-0.1, -0.05) is 51.8 Å². The smallest absolute Gasteiger partial charge is 0.142 e. The maximum Gasteiger partial charge on any atom is 0.142 e. The second-order valence-electron chi connectivity index (χ2n) is 5.76. The number of nitrogens with two attached hydrogens (primary N) is 1. The molecule has 4 heteroatoms. The van der Waals surface area contributed by atoms with E-state index in [1.165, 1.54) is 0 Å². The molecule has 2 aromatic carbocycles. The number of halogens is 1. The molecule has 2 N–H and O–H groups in total. The molecule has 3 nitrogen and oxygen atoms in total. The number of nitrogens with zero attached hydrogens (tertiary/aromatic N) is 2. The van der Waals surface area contributed by atoms with Gasteiger partial charge < -0.3 is 5.73 Å². The number of benzene rings is 2. The van der Waals surface area contributed by atoms with Crippen LogP contribution >= 0.6 is 15.9 Å². The molecule has 0 bridgehead atoms. The third-order valence-corrected chi connectivity index (χ3v) is 4.46. The minimum absolute atomic E-state index is 0.255. The molecule has 3 aromatic rings. The number of aryl methyl sites for hydroxylation is 2. The Balaban J connectivity index is 2.29. The van der Waals surface area contributed by atoms with E-state index in [9.17, 15) is 5.26 Å². The number of hydrogen-bond donors (Lipinski definition) is 1. The molecule has 0 fully saturated rings. The molecule has 1 aromatic heterocycles. The minimum Gasteiger partial charge on any atom is -0.383 e. The average molecular weight is 378 g/mol. The second-order valence-corrected chi connectivity index (χ2v) is 6.67. The topological polar surface area (TPSA) is 62.7 Å². The summed E-state index contributed by atoms with van der Waals surface area (Å²) < 4.78 is 0.970. The van der Waals surface area contributed by atoms with Crippen molar-refractivity contribution in [1.82, 2.24) is 4.98 Å². The van der Waals surface area contributed by atoms with E-state index < -0.39 is 0 Å². The van der Waals surface area contributed by atoms with Gasteiger partial charge >= 0.3 is 0 Å². The van der Waals surface area contributed by atoms with Crippen molar-refractivity contribution in [3.63, 3.8) is 0 Å². The minimum atomic E-state index is 0.255. The Morgan fingerprint density at radius 1 is 1.04 bits per heavy atom. The van der Waals surface area contributed by atoms with Gasteiger partial charge in [-0.15, -0.1) is 0 Å². The standard InChI is InChI=1S/C20H16BrN3/c1-12-6-7-13(2)16(8-12)17-10-19(24-20(23)18(17)11-22)14-4-3-5-15(21)9-14/h3-10H,1-2H3,(H2,23,24). The lowest BCUT2D eigenvalue weighted by Crippen LogP contribution is -2.00. The number of rotatable bonds is 2. The Labute approximate surface area is 149 Å². The lowest BCUT2D eigenvalue weighted by Gasteiger charge is -2.13. The third kappa shape index (κ3) is 3.04. The summed E-state index contributed by atoms with van der Waals surface area (Å²) >= 11 is 3.48. The van der Waals surface area contributed by atoms with Crippen LogP contribution in [0.25, 0.3) is 22.4 Å². The molecule has 24 heavy (non-hydrogen) atoms. The van der Waals surface area contributed by atoms with Crippen molar-refractivity contribution in [1.29, 1.82) is 5.26 Å². The van der Waals surface area contributed by atoms with Crippen LogP contribution in [0.3, 0.4) is 0 Å². The fraction of sp³-hybridized carbons (Fsp3) is 0.100. The van der Waals surface area contributed by atoms with Crippen LogP contribution in [0.1, 0.15) is 16.7 Å². The second kappa shape index (κ2) is 6.46. The van der Waals surface area contributed by atoms with Crippen molar-refractivity contribution in [3.05, 3.63) is 69.7 Å². The Hall–Kier alpha value is -2.64. The number of nitriles is 1. The van der Waals surface area contributed by atoms with Crippen LogP contribution in [-0.2, 0) is 0 Å². The predicted octanol–water partition coefficient (Wildman–Crippen LogP) is 5.25. The zero-order valence-electron chi connectivity index (χ0n) is 13.5. The SMILES string of the molecule is Cc1ccc(C)c(-c2cc(-c3cccc(Br)c3)nc(N)c2C#N)c1. The lowest BCUT2D eigenvalue weighted by atomic mass is 9.94. The molecule has 0 atom stereocenters. The molecule has 0 aliphatic rings. The van der Waals surface area contributed by atoms with Crippen LogP contribution in [0.2, 0.25) is 0 Å². The zero-order chi connectivity index (χ0) is 17.3. The van der Waals surface area contributed by atoms with Gasteiger partial charge in [-0.3, -0.25) is 0 Å². The molecule has 0 unspecified atom stereocenters. The average Bonchev–Trinajstić information content (AvgIpc) is 2.56. The number of nitrogen functional groups attached to an aromatic ring is 1. The predicted molar refractivity (Wildman–Crippen MR) is 101 cm³/mol. The summed E-state index contributed by atoms with van der Waals surface area (Å²) in [5.74, 6) is 0.255. The van der Waals surface area contributed by atoms with Gasteiger partial charge in [0.25, 0.3) is 0 Å². The van der Waals surface area contributed by atoms with E-state index >= 15 is 0 Å². The maximum atomic E-state index is 9.55. The molecule has 0 aliphatic carbocycles. The number of pyridine rings is 1. The summed E-state index contributed by atoms with van der Waals surface area (Å²) in [4.78, 5) is 4.43. The van der Waals surface area contributed by atoms with Crippen LogP contribution in [0.4, 0.5) is 5.82 Å². The normalized spacial score (nSPS) is 10.4. The van der Waals surface area contributed by atoms with Crippen molar-refractivity contribution < 1.29 is 0 Å². The summed E-state index contributed by atoms with van der Waals surface area (Å²) in [5.41, 5.74) is 12.3. The summed E-state index contributed by atoms with van der Waals surface area (Å²) in [7, 11) is 0. The molecule has 0 amide bonds. The van der Waals surface area contributed by atoms with E-state index in [0.717, 1.165) is 38.0 Å². The first kappa shape index (κ1) is 16.2. The van der Waals surface area contributed by atoms with Crippen LogP contribution in [0, 0.1) is 25.2 Å². The molecule has 1 heterocycles. The third-order valence-electron chi connectivity index (χ3n) is 3.96. The molecule has 0 aliphatic heterocycles. The largest absolute Gasteiger partial charge is 0.383 e. The quantitative estimate of drug-likeness (QED) is 0.663. The first-order valence-corrected chi connectivity index (χ1v) is 8.33. The van der Waals surface area contributed by atoms with E-state index in [4.69, 9.17) is 5.73 Å². The Kier molecular flexibility index (Phi) is 4.37. The highest BCUT2D eigenvalue weighted by Crippen LogP contribution is 2.34. The Morgan fingerprint density at radius 3 is 2.54 bits per heavy atom. The van der Waals surface area contributed by atoms with E-state index in [1.54, 1.807) is 0 Å². The Morgan fingerprint density at radius 2 is 1.83 bits per heavy atom.